The van der Waals surface area contributed by atoms with Gasteiger partial charge in [0.2, 0.25) is 0 Å². The number of esters is 1. The van der Waals surface area contributed by atoms with Gasteiger partial charge in [-0.3, -0.25) is 0 Å². The fourth-order valence-electron chi connectivity index (χ4n) is 3.52. The van der Waals surface area contributed by atoms with E-state index in [0.29, 0.717) is 17.6 Å². The standard InChI is InChI=1S/C25H50NO2/c1-21(2)12-9-13-22(3)14-10-15-23(4)16-11-17-24(5)18-19-28-25(27)20-26(6,7)8/h18,21-23H,9-17,19-20H2,1-8H3/q+1. The summed E-state index contributed by atoms with van der Waals surface area (Å²) in [5.41, 5.74) is 1.34. The molecule has 0 aliphatic heterocycles. The third-order valence-corrected chi connectivity index (χ3v) is 5.42. The molecule has 0 aliphatic rings. The maximum atomic E-state index is 11.7. The second kappa shape index (κ2) is 15.1. The molecule has 0 aromatic rings. The Bertz CT molecular complexity index is 434. The van der Waals surface area contributed by atoms with E-state index >= 15 is 0 Å². The van der Waals surface area contributed by atoms with Crippen LogP contribution in [0.2, 0.25) is 0 Å². The Morgan fingerprint density at radius 3 is 1.86 bits per heavy atom. The number of quaternary nitrogens is 1. The summed E-state index contributed by atoms with van der Waals surface area (Å²) in [4.78, 5) is 11.7. The molecule has 0 N–H and O–H groups in total. The lowest BCUT2D eigenvalue weighted by Gasteiger charge is -2.22. The molecule has 2 unspecified atom stereocenters. The zero-order valence-corrected chi connectivity index (χ0v) is 20.4. The first-order valence-electron chi connectivity index (χ1n) is 11.6. The maximum Gasteiger partial charge on any atom is 0.362 e. The summed E-state index contributed by atoms with van der Waals surface area (Å²) in [6, 6.07) is 0. The van der Waals surface area contributed by atoms with Gasteiger partial charge in [0.25, 0.3) is 0 Å². The minimum Gasteiger partial charge on any atom is -0.457 e. The highest BCUT2D eigenvalue weighted by atomic mass is 16.5. The Labute approximate surface area is 176 Å². The van der Waals surface area contributed by atoms with Gasteiger partial charge in [-0.15, -0.1) is 0 Å². The molecule has 0 radical (unpaired) electrons. The van der Waals surface area contributed by atoms with Gasteiger partial charge in [0.15, 0.2) is 6.54 Å². The molecular formula is C25H50NO2+. The first kappa shape index (κ1) is 27.2. The van der Waals surface area contributed by atoms with E-state index in [4.69, 9.17) is 4.74 Å². The van der Waals surface area contributed by atoms with E-state index < -0.39 is 0 Å². The number of hydrogen-bond acceptors (Lipinski definition) is 2. The number of ether oxygens (including phenoxy) is 1. The number of rotatable bonds is 16. The highest BCUT2D eigenvalue weighted by Crippen LogP contribution is 2.22. The predicted molar refractivity (Wildman–Crippen MR) is 122 cm³/mol. The van der Waals surface area contributed by atoms with E-state index in [-0.39, 0.29) is 5.97 Å². The maximum absolute atomic E-state index is 11.7. The van der Waals surface area contributed by atoms with Crippen LogP contribution in [0.15, 0.2) is 11.6 Å². The molecule has 0 fully saturated rings. The summed E-state index contributed by atoms with van der Waals surface area (Å²) in [7, 11) is 5.99. The van der Waals surface area contributed by atoms with Gasteiger partial charge in [-0.05, 0) is 43.6 Å². The molecule has 28 heavy (non-hydrogen) atoms. The monoisotopic (exact) mass is 396 g/mol. The van der Waals surface area contributed by atoms with Gasteiger partial charge in [0.1, 0.15) is 6.61 Å². The van der Waals surface area contributed by atoms with Crippen LogP contribution < -0.4 is 0 Å². The van der Waals surface area contributed by atoms with E-state index in [1.807, 2.05) is 21.1 Å². The van der Waals surface area contributed by atoms with Crippen molar-refractivity contribution in [1.82, 2.24) is 0 Å². The first-order valence-corrected chi connectivity index (χ1v) is 11.6. The summed E-state index contributed by atoms with van der Waals surface area (Å²) in [5.74, 6) is 2.43. The van der Waals surface area contributed by atoms with Crippen molar-refractivity contribution in [2.45, 2.75) is 92.4 Å². The van der Waals surface area contributed by atoms with Crippen LogP contribution >= 0.6 is 0 Å². The van der Waals surface area contributed by atoms with Crippen molar-refractivity contribution in [1.29, 1.82) is 0 Å². The SMILES string of the molecule is CC(=CCOC(=O)C[N+](C)(C)C)CCCC(C)CCCC(C)CCCC(C)C. The van der Waals surface area contributed by atoms with Crippen LogP contribution in [0.3, 0.4) is 0 Å². The van der Waals surface area contributed by atoms with E-state index in [2.05, 4.69) is 40.7 Å². The predicted octanol–water partition coefficient (Wildman–Crippen LogP) is 6.62. The van der Waals surface area contributed by atoms with Crippen molar-refractivity contribution in [2.75, 3.05) is 34.3 Å². The number of carbonyl (C=O) groups excluding carboxylic acids is 1. The van der Waals surface area contributed by atoms with Gasteiger partial charge < -0.3 is 9.22 Å². The normalized spacial score (nSPS) is 15.0. The molecule has 0 aromatic heterocycles. The summed E-state index contributed by atoms with van der Waals surface area (Å²) in [5, 5.41) is 0. The highest BCUT2D eigenvalue weighted by Gasteiger charge is 2.14. The lowest BCUT2D eigenvalue weighted by atomic mass is 9.91. The van der Waals surface area contributed by atoms with Crippen LogP contribution in [0.25, 0.3) is 0 Å². The zero-order chi connectivity index (χ0) is 21.6. The van der Waals surface area contributed by atoms with Crippen molar-refractivity contribution in [3.8, 4) is 0 Å². The van der Waals surface area contributed by atoms with E-state index in [0.717, 1.165) is 24.2 Å². The third-order valence-electron chi connectivity index (χ3n) is 5.42. The Balaban J connectivity index is 3.76. The van der Waals surface area contributed by atoms with Crippen LogP contribution in [0, 0.1) is 17.8 Å². The van der Waals surface area contributed by atoms with Crippen LogP contribution in [0.1, 0.15) is 92.4 Å². The molecule has 0 heterocycles. The molecule has 0 saturated heterocycles. The van der Waals surface area contributed by atoms with Crippen molar-refractivity contribution in [3.63, 3.8) is 0 Å². The van der Waals surface area contributed by atoms with Crippen molar-refractivity contribution >= 4 is 5.97 Å². The van der Waals surface area contributed by atoms with Crippen molar-refractivity contribution in [2.24, 2.45) is 17.8 Å². The second-order valence-corrected chi connectivity index (χ2v) is 10.5. The molecule has 0 spiro atoms. The number of likely N-dealkylation sites (N-methyl/N-ethyl adjacent to an activating group) is 1. The molecule has 0 saturated carbocycles. The average Bonchev–Trinajstić information content (AvgIpc) is 2.52. The molecule has 0 amide bonds. The van der Waals surface area contributed by atoms with Gasteiger partial charge in [0.05, 0.1) is 21.1 Å². The summed E-state index contributed by atoms with van der Waals surface area (Å²) in [6.07, 6.45) is 14.0. The number of allylic oxidation sites excluding steroid dienone is 1. The smallest absolute Gasteiger partial charge is 0.362 e. The Hall–Kier alpha value is -0.830. The van der Waals surface area contributed by atoms with Gasteiger partial charge in [-0.2, -0.15) is 0 Å². The third kappa shape index (κ3) is 18.5. The van der Waals surface area contributed by atoms with Crippen molar-refractivity contribution in [3.05, 3.63) is 11.6 Å². The Morgan fingerprint density at radius 1 is 0.857 bits per heavy atom. The number of nitrogens with zero attached hydrogens (tertiary/aromatic N) is 1. The molecule has 166 valence electrons. The topological polar surface area (TPSA) is 26.3 Å². The molecule has 0 bridgehead atoms. The van der Waals surface area contributed by atoms with E-state index in [9.17, 15) is 4.79 Å². The summed E-state index contributed by atoms with van der Waals surface area (Å²) in [6.45, 7) is 12.4. The summed E-state index contributed by atoms with van der Waals surface area (Å²) >= 11 is 0. The highest BCUT2D eigenvalue weighted by molar-refractivity contribution is 5.70. The van der Waals surface area contributed by atoms with E-state index in [1.165, 1.54) is 56.9 Å². The van der Waals surface area contributed by atoms with Gasteiger partial charge in [0, 0.05) is 0 Å². The average molecular weight is 397 g/mol. The van der Waals surface area contributed by atoms with E-state index in [1.54, 1.807) is 0 Å². The molecule has 0 aliphatic carbocycles. The Kier molecular flexibility index (Phi) is 14.6. The first-order chi connectivity index (χ1) is 13.0. The van der Waals surface area contributed by atoms with Crippen LogP contribution in [-0.2, 0) is 9.53 Å². The number of hydrogen-bond donors (Lipinski definition) is 0. The molecule has 3 heteroatoms. The zero-order valence-electron chi connectivity index (χ0n) is 20.4. The fourth-order valence-corrected chi connectivity index (χ4v) is 3.52. The summed E-state index contributed by atoms with van der Waals surface area (Å²) < 4.78 is 5.91. The largest absolute Gasteiger partial charge is 0.457 e. The fraction of sp³-hybridized carbons (Fsp3) is 0.880. The molecular weight excluding hydrogens is 346 g/mol. The van der Waals surface area contributed by atoms with Gasteiger partial charge in [-0.1, -0.05) is 78.2 Å². The quantitative estimate of drug-likeness (QED) is 0.166. The number of carbonyl (C=O) groups is 1. The molecule has 2 atom stereocenters. The van der Waals surface area contributed by atoms with Crippen LogP contribution in [0.5, 0.6) is 0 Å². The minimum atomic E-state index is -0.122. The molecule has 3 nitrogen and oxygen atoms in total. The minimum absolute atomic E-state index is 0.122. The van der Waals surface area contributed by atoms with Crippen LogP contribution in [-0.4, -0.2) is 44.7 Å². The lowest BCUT2D eigenvalue weighted by Crippen LogP contribution is -2.40. The van der Waals surface area contributed by atoms with Crippen LogP contribution in [0.4, 0.5) is 0 Å². The molecule has 0 rings (SSSR count). The molecule has 0 aromatic carbocycles. The second-order valence-electron chi connectivity index (χ2n) is 10.5. The van der Waals surface area contributed by atoms with Crippen molar-refractivity contribution < 1.29 is 14.0 Å². The van der Waals surface area contributed by atoms with Gasteiger partial charge >= 0.3 is 5.97 Å². The lowest BCUT2D eigenvalue weighted by molar-refractivity contribution is -0.862. The Morgan fingerprint density at radius 2 is 1.36 bits per heavy atom. The van der Waals surface area contributed by atoms with Gasteiger partial charge in [-0.25, -0.2) is 4.79 Å².